The number of carboxylic acid groups (broad SMARTS) is 1. The number of amidine groups is 1. The average molecular weight is 419 g/mol. The summed E-state index contributed by atoms with van der Waals surface area (Å²) in [7, 11) is 0. The predicted molar refractivity (Wildman–Crippen MR) is 118 cm³/mol. The standard InChI is InChI=1S/C23H22N4O2S/c1-2-16-14-30-23-25-20(18-9-3-4-11-24-18)21(27(16)23)19-10-6-12-26(19)17-8-5-7-15(13-17)22(28)29/h3-13,16,20-21H,2,14H2,1H3,(H,28,29)/t16-,20-,21-/m1/s1. The van der Waals surface area contributed by atoms with Gasteiger partial charge in [0.05, 0.1) is 11.3 Å². The summed E-state index contributed by atoms with van der Waals surface area (Å²) in [4.78, 5) is 23.6. The maximum Gasteiger partial charge on any atom is 0.335 e. The first-order valence-electron chi connectivity index (χ1n) is 10.1. The number of pyridine rings is 1. The van der Waals surface area contributed by atoms with Crippen LogP contribution in [0.1, 0.15) is 47.2 Å². The van der Waals surface area contributed by atoms with Crippen LogP contribution in [0.15, 0.2) is 72.0 Å². The maximum atomic E-state index is 11.5. The van der Waals surface area contributed by atoms with E-state index < -0.39 is 5.97 Å². The molecule has 3 atom stereocenters. The molecule has 0 bridgehead atoms. The van der Waals surface area contributed by atoms with Crippen LogP contribution in [0.2, 0.25) is 0 Å². The van der Waals surface area contributed by atoms with E-state index in [1.54, 1.807) is 18.2 Å². The zero-order valence-electron chi connectivity index (χ0n) is 16.5. The molecule has 1 N–H and O–H groups in total. The monoisotopic (exact) mass is 418 g/mol. The Morgan fingerprint density at radius 1 is 1.20 bits per heavy atom. The predicted octanol–water partition coefficient (Wildman–Crippen LogP) is 4.55. The molecule has 4 heterocycles. The Labute approximate surface area is 179 Å². The third kappa shape index (κ3) is 3.10. The van der Waals surface area contributed by atoms with Gasteiger partial charge in [-0.05, 0) is 48.9 Å². The quantitative estimate of drug-likeness (QED) is 0.658. The van der Waals surface area contributed by atoms with Gasteiger partial charge in [0.1, 0.15) is 12.1 Å². The van der Waals surface area contributed by atoms with Crippen molar-refractivity contribution in [1.82, 2.24) is 14.5 Å². The molecule has 6 nitrogen and oxygen atoms in total. The average Bonchev–Trinajstić information content (AvgIpc) is 3.49. The van der Waals surface area contributed by atoms with Crippen molar-refractivity contribution in [3.05, 3.63) is 83.9 Å². The van der Waals surface area contributed by atoms with E-state index in [1.165, 1.54) is 0 Å². The van der Waals surface area contributed by atoms with E-state index in [9.17, 15) is 9.90 Å². The lowest BCUT2D eigenvalue weighted by Crippen LogP contribution is -2.36. The van der Waals surface area contributed by atoms with Gasteiger partial charge in [0.25, 0.3) is 0 Å². The summed E-state index contributed by atoms with van der Waals surface area (Å²) in [6, 6.07) is 17.5. The summed E-state index contributed by atoms with van der Waals surface area (Å²) in [5, 5.41) is 10.5. The number of aromatic nitrogens is 2. The second-order valence-electron chi connectivity index (χ2n) is 7.49. The molecule has 0 saturated carbocycles. The Hall–Kier alpha value is -3.06. The van der Waals surface area contributed by atoms with Crippen LogP contribution < -0.4 is 0 Å². The fraction of sp³-hybridized carbons (Fsp3) is 0.261. The molecule has 7 heteroatoms. The van der Waals surface area contributed by atoms with Crippen molar-refractivity contribution in [3.63, 3.8) is 0 Å². The van der Waals surface area contributed by atoms with Crippen LogP contribution in [0.3, 0.4) is 0 Å². The van der Waals surface area contributed by atoms with Gasteiger partial charge in [-0.3, -0.25) is 9.98 Å². The van der Waals surface area contributed by atoms with E-state index >= 15 is 0 Å². The van der Waals surface area contributed by atoms with Crippen LogP contribution in [0, 0.1) is 0 Å². The van der Waals surface area contributed by atoms with Crippen LogP contribution in [0.5, 0.6) is 0 Å². The van der Waals surface area contributed by atoms with Crippen LogP contribution in [0.4, 0.5) is 0 Å². The molecule has 1 fully saturated rings. The number of carbonyl (C=O) groups is 1. The third-order valence-corrected chi connectivity index (χ3v) is 6.91. The van der Waals surface area contributed by atoms with Crippen molar-refractivity contribution in [2.24, 2.45) is 4.99 Å². The van der Waals surface area contributed by atoms with E-state index in [0.29, 0.717) is 6.04 Å². The van der Waals surface area contributed by atoms with Gasteiger partial charge < -0.3 is 14.6 Å². The molecule has 30 heavy (non-hydrogen) atoms. The molecule has 1 aromatic carbocycles. The van der Waals surface area contributed by atoms with E-state index in [4.69, 9.17) is 4.99 Å². The van der Waals surface area contributed by atoms with Crippen LogP contribution >= 0.6 is 11.8 Å². The largest absolute Gasteiger partial charge is 0.478 e. The Morgan fingerprint density at radius 3 is 2.87 bits per heavy atom. The lowest BCUT2D eigenvalue weighted by atomic mass is 9.99. The lowest BCUT2D eigenvalue weighted by Gasteiger charge is -2.32. The Kier molecular flexibility index (Phi) is 4.83. The summed E-state index contributed by atoms with van der Waals surface area (Å²) in [5.41, 5.74) is 3.16. The highest BCUT2D eigenvalue weighted by atomic mass is 32.2. The van der Waals surface area contributed by atoms with Gasteiger partial charge in [-0.2, -0.15) is 0 Å². The SMILES string of the molecule is CC[C@@H]1CSC2=N[C@H](c3ccccn3)[C@@H](c3cccn3-c3cccc(C(=O)O)c3)N21. The van der Waals surface area contributed by atoms with Crippen LogP contribution in [-0.2, 0) is 0 Å². The molecular formula is C23H22N4O2S. The van der Waals surface area contributed by atoms with Gasteiger partial charge in [-0.15, -0.1) is 0 Å². The first kappa shape index (κ1) is 18.9. The number of aliphatic imine (C=N–C) groups is 1. The molecule has 3 aromatic rings. The van der Waals surface area contributed by atoms with Crippen LogP contribution in [0.25, 0.3) is 5.69 Å². The summed E-state index contributed by atoms with van der Waals surface area (Å²) < 4.78 is 2.08. The number of benzene rings is 1. The summed E-state index contributed by atoms with van der Waals surface area (Å²) >= 11 is 1.81. The molecule has 0 radical (unpaired) electrons. The van der Waals surface area contributed by atoms with Gasteiger partial charge in [-0.25, -0.2) is 4.79 Å². The zero-order valence-corrected chi connectivity index (χ0v) is 17.4. The normalized spacial score (nSPS) is 22.8. The van der Waals surface area contributed by atoms with E-state index in [0.717, 1.165) is 34.4 Å². The van der Waals surface area contributed by atoms with Crippen molar-refractivity contribution in [1.29, 1.82) is 0 Å². The first-order valence-corrected chi connectivity index (χ1v) is 11.1. The van der Waals surface area contributed by atoms with Gasteiger partial charge in [0.15, 0.2) is 5.17 Å². The molecule has 0 spiro atoms. The highest BCUT2D eigenvalue weighted by molar-refractivity contribution is 8.14. The minimum atomic E-state index is -0.926. The molecule has 2 aliphatic rings. The molecule has 5 rings (SSSR count). The minimum Gasteiger partial charge on any atom is -0.478 e. The fourth-order valence-corrected chi connectivity index (χ4v) is 5.67. The first-order chi connectivity index (χ1) is 14.7. The van der Waals surface area contributed by atoms with Crippen molar-refractivity contribution in [2.45, 2.75) is 31.5 Å². The van der Waals surface area contributed by atoms with Crippen molar-refractivity contribution >= 4 is 22.9 Å². The number of nitrogens with zero attached hydrogens (tertiary/aromatic N) is 4. The number of thioether (sulfide) groups is 1. The molecule has 0 unspecified atom stereocenters. The highest BCUT2D eigenvalue weighted by Gasteiger charge is 2.46. The van der Waals surface area contributed by atoms with Crippen molar-refractivity contribution < 1.29 is 9.90 Å². The second kappa shape index (κ2) is 7.65. The van der Waals surface area contributed by atoms with Gasteiger partial charge in [-0.1, -0.05) is 30.8 Å². The molecule has 0 aliphatic carbocycles. The highest BCUT2D eigenvalue weighted by Crippen LogP contribution is 2.48. The molecule has 2 aromatic heterocycles. The number of fused-ring (bicyclic) bond motifs is 1. The van der Waals surface area contributed by atoms with Gasteiger partial charge in [0.2, 0.25) is 0 Å². The maximum absolute atomic E-state index is 11.5. The third-order valence-electron chi connectivity index (χ3n) is 5.78. The minimum absolute atomic E-state index is 0.0123. The van der Waals surface area contributed by atoms with E-state index in [-0.39, 0.29) is 17.6 Å². The number of carboxylic acids is 1. The molecule has 0 amide bonds. The number of aromatic carboxylic acids is 1. The Balaban J connectivity index is 1.62. The van der Waals surface area contributed by atoms with Gasteiger partial charge >= 0.3 is 5.97 Å². The summed E-state index contributed by atoms with van der Waals surface area (Å²) in [5.74, 6) is 0.112. The lowest BCUT2D eigenvalue weighted by molar-refractivity contribution is 0.0697. The van der Waals surface area contributed by atoms with Crippen molar-refractivity contribution in [3.8, 4) is 5.69 Å². The summed E-state index contributed by atoms with van der Waals surface area (Å²) in [6.07, 6.45) is 4.86. The molecular weight excluding hydrogens is 396 g/mol. The van der Waals surface area contributed by atoms with Gasteiger partial charge in [0, 0.05) is 35.6 Å². The van der Waals surface area contributed by atoms with Crippen LogP contribution in [-0.4, -0.2) is 42.5 Å². The molecule has 1 saturated heterocycles. The zero-order chi connectivity index (χ0) is 20.7. The summed E-state index contributed by atoms with van der Waals surface area (Å²) in [6.45, 7) is 2.22. The Morgan fingerprint density at radius 2 is 2.10 bits per heavy atom. The van der Waals surface area contributed by atoms with E-state index in [1.807, 2.05) is 54.5 Å². The number of hydrogen-bond donors (Lipinski definition) is 1. The number of hydrogen-bond acceptors (Lipinski definition) is 5. The topological polar surface area (TPSA) is 70.7 Å². The molecule has 2 aliphatic heterocycles. The molecule has 152 valence electrons. The Bertz CT molecular complexity index is 1110. The second-order valence-corrected chi connectivity index (χ2v) is 8.48. The number of rotatable bonds is 5. The van der Waals surface area contributed by atoms with E-state index in [2.05, 4.69) is 27.4 Å². The smallest absolute Gasteiger partial charge is 0.335 e. The van der Waals surface area contributed by atoms with Crippen molar-refractivity contribution in [2.75, 3.05) is 5.75 Å². The fourth-order valence-electron chi connectivity index (χ4n) is 4.33.